The fourth-order valence-corrected chi connectivity index (χ4v) is 1.74. The van der Waals surface area contributed by atoms with Crippen LogP contribution in [0.25, 0.3) is 16.6 Å². The van der Waals surface area contributed by atoms with Gasteiger partial charge in [-0.2, -0.15) is 0 Å². The van der Waals surface area contributed by atoms with Crippen molar-refractivity contribution in [3.63, 3.8) is 0 Å². The van der Waals surface area contributed by atoms with Crippen molar-refractivity contribution in [1.29, 1.82) is 0 Å². The van der Waals surface area contributed by atoms with E-state index in [-0.39, 0.29) is 16.6 Å². The van der Waals surface area contributed by atoms with Gasteiger partial charge in [0.1, 0.15) is 5.39 Å². The van der Waals surface area contributed by atoms with Gasteiger partial charge in [0.25, 0.3) is 11.1 Å². The number of rotatable bonds is 0. The summed E-state index contributed by atoms with van der Waals surface area (Å²) in [5, 5.41) is -0.351. The van der Waals surface area contributed by atoms with Crippen LogP contribution in [0.4, 0.5) is 0 Å². The molecule has 0 radical (unpaired) electrons. The van der Waals surface area contributed by atoms with Crippen LogP contribution in [0.3, 0.4) is 0 Å². The van der Waals surface area contributed by atoms with Crippen LogP contribution in [0, 0.1) is 0 Å². The molecule has 0 aliphatic rings. The number of nitrogens with one attached hydrogen (secondary N) is 3. The van der Waals surface area contributed by atoms with Gasteiger partial charge in [-0.05, 0) is 12.1 Å². The van der Waals surface area contributed by atoms with E-state index in [0.29, 0.717) is 4.40 Å². The van der Waals surface area contributed by atoms with Crippen molar-refractivity contribution >= 4 is 16.6 Å². The van der Waals surface area contributed by atoms with E-state index in [1.54, 1.807) is 6.07 Å². The van der Waals surface area contributed by atoms with Crippen LogP contribution >= 0.6 is 0 Å². The molecule has 3 rings (SSSR count). The first-order chi connectivity index (χ1) is 9.56. The molecule has 0 atom stereocenters. The van der Waals surface area contributed by atoms with E-state index in [1.165, 1.54) is 12.3 Å². The van der Waals surface area contributed by atoms with Crippen LogP contribution in [0.2, 0.25) is 0 Å². The van der Waals surface area contributed by atoms with Crippen molar-refractivity contribution in [2.24, 2.45) is 0 Å². The molecule has 0 aliphatic heterocycles. The largest absolute Gasteiger partial charge is 0.336 e. The summed E-state index contributed by atoms with van der Waals surface area (Å²) in [5.74, 6) is 0. The second kappa shape index (κ2) is 4.16. The maximum Gasteiger partial charge on any atom is 0.336 e. The van der Waals surface area contributed by atoms with Crippen LogP contribution < -0.4 is 22.5 Å². The smallest absolute Gasteiger partial charge is 0.319 e. The molecule has 3 aromatic heterocycles. The van der Waals surface area contributed by atoms with Crippen molar-refractivity contribution < 1.29 is 0 Å². The molecule has 0 fully saturated rings. The number of H-pyrrole nitrogens is 3. The Morgan fingerprint density at radius 3 is 2.45 bits per heavy atom. The monoisotopic (exact) mass is 273 g/mol. The quantitative estimate of drug-likeness (QED) is 0.457. The average molecular weight is 273 g/mol. The molecule has 0 amide bonds. The topological polar surface area (TPSA) is 133 Å². The fourth-order valence-electron chi connectivity index (χ4n) is 1.74. The highest BCUT2D eigenvalue weighted by Gasteiger charge is 2.04. The summed E-state index contributed by atoms with van der Waals surface area (Å²) in [4.78, 5) is 57.7. The normalized spacial score (nSPS) is 10.8. The molecule has 0 spiro atoms. The van der Waals surface area contributed by atoms with Crippen molar-refractivity contribution in [2.75, 3.05) is 0 Å². The van der Waals surface area contributed by atoms with Crippen molar-refractivity contribution in [1.82, 2.24) is 24.3 Å². The molecule has 0 unspecified atom stereocenters. The third-order valence-corrected chi connectivity index (χ3v) is 2.69. The molecular formula is C11H7N5O4. The summed E-state index contributed by atoms with van der Waals surface area (Å²) in [6.45, 7) is 0. The van der Waals surface area contributed by atoms with Crippen molar-refractivity contribution in [3.05, 3.63) is 66.2 Å². The number of pyridine rings is 1. The first-order valence-corrected chi connectivity index (χ1v) is 5.50. The molecule has 9 nitrogen and oxygen atoms in total. The third kappa shape index (κ3) is 1.77. The molecule has 0 aliphatic carbocycles. The number of hydrogen-bond acceptors (Lipinski definition) is 5. The van der Waals surface area contributed by atoms with Crippen molar-refractivity contribution in [2.45, 2.75) is 0 Å². The summed E-state index contributed by atoms with van der Waals surface area (Å²) >= 11 is 0. The Hall–Kier alpha value is -3.23. The summed E-state index contributed by atoms with van der Waals surface area (Å²) in [5.41, 5.74) is -3.09. The summed E-state index contributed by atoms with van der Waals surface area (Å²) in [7, 11) is 0. The zero-order valence-corrected chi connectivity index (χ0v) is 9.84. The Balaban J connectivity index is 2.81. The lowest BCUT2D eigenvalue weighted by molar-refractivity contribution is 0.885. The van der Waals surface area contributed by atoms with Gasteiger partial charge in [-0.15, -0.1) is 0 Å². The highest BCUT2D eigenvalue weighted by Crippen LogP contribution is 1.97. The first kappa shape index (κ1) is 11.8. The highest BCUT2D eigenvalue weighted by atomic mass is 16.2. The molecule has 0 saturated carbocycles. The van der Waals surface area contributed by atoms with Crippen molar-refractivity contribution in [3.8, 4) is 0 Å². The van der Waals surface area contributed by atoms with Gasteiger partial charge in [-0.3, -0.25) is 19.6 Å². The number of hydrogen-bond donors (Lipinski definition) is 3. The summed E-state index contributed by atoms with van der Waals surface area (Å²) < 4.78 is 0.597. The second-order valence-corrected chi connectivity index (χ2v) is 3.96. The SMILES string of the molecule is O=c1[nH]c(=O)n2cc1c(=O)[nH]c1cccnc1[nH]c2=O. The zero-order chi connectivity index (χ0) is 14.3. The van der Waals surface area contributed by atoms with Crippen LogP contribution in [-0.2, 0) is 0 Å². The van der Waals surface area contributed by atoms with E-state index in [1.807, 2.05) is 4.98 Å². The Kier molecular flexibility index (Phi) is 2.46. The van der Waals surface area contributed by atoms with Gasteiger partial charge >= 0.3 is 11.4 Å². The molecule has 3 N–H and O–H groups in total. The lowest BCUT2D eigenvalue weighted by atomic mass is 10.4. The molecule has 0 saturated heterocycles. The number of aromatic nitrogens is 5. The second-order valence-electron chi connectivity index (χ2n) is 3.96. The number of fused-ring (bicyclic) bond motifs is 3. The molecule has 3 heterocycles. The van der Waals surface area contributed by atoms with Gasteiger partial charge in [0.2, 0.25) is 0 Å². The predicted octanol–water partition coefficient (Wildman–Crippen LogP) is -1.53. The van der Waals surface area contributed by atoms with Gasteiger partial charge in [0.05, 0.1) is 5.52 Å². The molecule has 0 aromatic carbocycles. The zero-order valence-electron chi connectivity index (χ0n) is 9.84. The van der Waals surface area contributed by atoms with Gasteiger partial charge < -0.3 is 4.98 Å². The maximum absolute atomic E-state index is 12.0. The first-order valence-electron chi connectivity index (χ1n) is 5.50. The predicted molar refractivity (Wildman–Crippen MR) is 69.6 cm³/mol. The van der Waals surface area contributed by atoms with E-state index in [4.69, 9.17) is 0 Å². The fraction of sp³-hybridized carbons (Fsp3) is 0. The van der Waals surface area contributed by atoms with E-state index < -0.39 is 22.5 Å². The minimum atomic E-state index is -0.941. The van der Waals surface area contributed by atoms with E-state index >= 15 is 0 Å². The highest BCUT2D eigenvalue weighted by molar-refractivity contribution is 5.68. The van der Waals surface area contributed by atoms with Crippen LogP contribution in [0.5, 0.6) is 0 Å². The Morgan fingerprint density at radius 2 is 1.65 bits per heavy atom. The van der Waals surface area contributed by atoms with Gasteiger partial charge in [-0.25, -0.2) is 19.0 Å². The average Bonchev–Trinajstić information content (AvgIpc) is 2.44. The molecule has 2 bridgehead atoms. The lowest BCUT2D eigenvalue weighted by Crippen LogP contribution is -2.34. The molecule has 20 heavy (non-hydrogen) atoms. The molecular weight excluding hydrogens is 266 g/mol. The minimum Gasteiger partial charge on any atom is -0.319 e. The minimum absolute atomic E-state index is 0.0765. The lowest BCUT2D eigenvalue weighted by Gasteiger charge is -1.89. The molecule has 100 valence electrons. The Labute approximate surface area is 108 Å². The standard InChI is InChI=1S/C11H7N5O4/c17-8-5-4-16(11(20)15-9(5)18)10(19)14-7-6(13-8)2-1-3-12-7/h1-4H,(H,13,17)(H,12,14,19)(H,15,18,20). The van der Waals surface area contributed by atoms with Gasteiger partial charge in [-0.1, -0.05) is 0 Å². The van der Waals surface area contributed by atoms with E-state index in [9.17, 15) is 19.2 Å². The van der Waals surface area contributed by atoms with E-state index in [0.717, 1.165) is 6.20 Å². The third-order valence-electron chi connectivity index (χ3n) is 2.69. The van der Waals surface area contributed by atoms with Crippen LogP contribution in [0.15, 0.2) is 43.7 Å². The van der Waals surface area contributed by atoms with Crippen LogP contribution in [0.1, 0.15) is 0 Å². The maximum atomic E-state index is 12.0. The summed E-state index contributed by atoms with van der Waals surface area (Å²) in [6.07, 6.45) is 2.30. The van der Waals surface area contributed by atoms with Crippen LogP contribution in [-0.4, -0.2) is 24.3 Å². The summed E-state index contributed by atoms with van der Waals surface area (Å²) in [6, 6.07) is 3.06. The van der Waals surface area contributed by atoms with Gasteiger partial charge in [0.15, 0.2) is 5.65 Å². The molecule has 3 aromatic rings. The molecule has 9 heteroatoms. The van der Waals surface area contributed by atoms with Gasteiger partial charge in [0, 0.05) is 12.4 Å². The number of nitrogens with zero attached hydrogens (tertiary/aromatic N) is 2. The Morgan fingerprint density at radius 1 is 0.950 bits per heavy atom. The number of aromatic amines is 3. The Bertz CT molecular complexity index is 1000. The van der Waals surface area contributed by atoms with E-state index in [2.05, 4.69) is 15.0 Å².